The maximum absolute atomic E-state index is 13.2. The molecule has 5 rings (SSSR count). The highest BCUT2D eigenvalue weighted by Crippen LogP contribution is 2.46. The smallest absolute Gasteiger partial charge is 0.311 e. The largest absolute Gasteiger partial charge is 0.493 e. The van der Waals surface area contributed by atoms with Crippen molar-refractivity contribution >= 4 is 5.69 Å². The lowest BCUT2D eigenvalue weighted by molar-refractivity contribution is 0.160. The summed E-state index contributed by atoms with van der Waals surface area (Å²) in [6.07, 6.45) is 2.23. The second kappa shape index (κ2) is 7.85. The molecule has 2 unspecified atom stereocenters. The fourth-order valence-electron chi connectivity index (χ4n) is 4.66. The van der Waals surface area contributed by atoms with Gasteiger partial charge in [0, 0.05) is 6.54 Å². The van der Waals surface area contributed by atoms with Crippen LogP contribution < -0.4 is 24.7 Å². The van der Waals surface area contributed by atoms with Crippen LogP contribution in [0.2, 0.25) is 0 Å². The van der Waals surface area contributed by atoms with Gasteiger partial charge in [0.1, 0.15) is 17.6 Å². The van der Waals surface area contributed by atoms with Crippen LogP contribution in [-0.2, 0) is 13.0 Å². The van der Waals surface area contributed by atoms with Crippen LogP contribution in [0.4, 0.5) is 10.1 Å². The first-order valence-electron chi connectivity index (χ1n) is 10.5. The maximum atomic E-state index is 13.2. The minimum Gasteiger partial charge on any atom is -0.493 e. The lowest BCUT2D eigenvalue weighted by Gasteiger charge is -2.45. The van der Waals surface area contributed by atoms with Gasteiger partial charge in [-0.05, 0) is 54.3 Å². The van der Waals surface area contributed by atoms with E-state index in [0.717, 1.165) is 24.1 Å². The third-order valence-corrected chi connectivity index (χ3v) is 6.21. The molecule has 3 aromatic rings. The number of anilines is 1. The van der Waals surface area contributed by atoms with Crippen LogP contribution in [0.25, 0.3) is 0 Å². The number of fused-ring (bicyclic) bond motifs is 5. The molecule has 0 N–H and O–H groups in total. The second-order valence-electron chi connectivity index (χ2n) is 8.07. The van der Waals surface area contributed by atoms with E-state index in [2.05, 4.69) is 10.00 Å². The van der Waals surface area contributed by atoms with Gasteiger partial charge < -0.3 is 19.1 Å². The van der Waals surface area contributed by atoms with Crippen molar-refractivity contribution in [2.75, 3.05) is 25.7 Å². The normalized spacial score (nSPS) is 18.8. The summed E-state index contributed by atoms with van der Waals surface area (Å²) in [5, 5.41) is 4.39. The Hall–Kier alpha value is -3.55. The zero-order valence-corrected chi connectivity index (χ0v) is 18.2. The van der Waals surface area contributed by atoms with E-state index >= 15 is 0 Å². The van der Waals surface area contributed by atoms with Crippen molar-refractivity contribution in [3.05, 3.63) is 75.5 Å². The van der Waals surface area contributed by atoms with Crippen LogP contribution in [0, 0.1) is 5.82 Å². The molecule has 0 aliphatic carbocycles. The van der Waals surface area contributed by atoms with Gasteiger partial charge in [0.2, 0.25) is 5.75 Å². The summed E-state index contributed by atoms with van der Waals surface area (Å²) >= 11 is 0. The Labute approximate surface area is 184 Å². The lowest BCUT2D eigenvalue weighted by Crippen LogP contribution is -2.48. The number of hydrogen-bond donors (Lipinski definition) is 0. The highest BCUT2D eigenvalue weighted by atomic mass is 19.1. The molecule has 8 heteroatoms. The Morgan fingerprint density at radius 3 is 2.59 bits per heavy atom. The maximum Gasteiger partial charge on any atom is 0.311 e. The van der Waals surface area contributed by atoms with Crippen LogP contribution in [0.5, 0.6) is 17.2 Å². The predicted molar refractivity (Wildman–Crippen MR) is 117 cm³/mol. The second-order valence-corrected chi connectivity index (χ2v) is 8.07. The molecule has 166 valence electrons. The van der Waals surface area contributed by atoms with E-state index in [0.29, 0.717) is 22.9 Å². The van der Waals surface area contributed by atoms with Gasteiger partial charge in [-0.3, -0.25) is 4.79 Å². The molecule has 32 heavy (non-hydrogen) atoms. The fraction of sp³-hybridized carbons (Fsp3) is 0.333. The summed E-state index contributed by atoms with van der Waals surface area (Å²) in [5.41, 5.74) is 3.46. The summed E-state index contributed by atoms with van der Waals surface area (Å²) in [5.74, 6) is 1.35. The summed E-state index contributed by atoms with van der Waals surface area (Å²) in [6, 6.07) is 9.98. The monoisotopic (exact) mass is 437 g/mol. The van der Waals surface area contributed by atoms with Crippen LogP contribution >= 0.6 is 0 Å². The van der Waals surface area contributed by atoms with E-state index in [4.69, 9.17) is 14.2 Å². The van der Waals surface area contributed by atoms with Gasteiger partial charge in [-0.1, -0.05) is 12.1 Å². The van der Waals surface area contributed by atoms with Gasteiger partial charge in [-0.15, -0.1) is 0 Å². The Kier molecular flexibility index (Phi) is 5.00. The van der Waals surface area contributed by atoms with Crippen molar-refractivity contribution in [3.8, 4) is 17.2 Å². The van der Waals surface area contributed by atoms with E-state index in [1.165, 1.54) is 22.4 Å². The van der Waals surface area contributed by atoms with E-state index in [9.17, 15) is 9.18 Å². The molecule has 0 saturated heterocycles. The van der Waals surface area contributed by atoms with Crippen LogP contribution in [0.3, 0.4) is 0 Å². The minimum atomic E-state index is -0.317. The molecule has 0 spiro atoms. The van der Waals surface area contributed by atoms with E-state index in [-0.39, 0.29) is 30.1 Å². The van der Waals surface area contributed by atoms with Crippen LogP contribution in [0.1, 0.15) is 29.7 Å². The summed E-state index contributed by atoms with van der Waals surface area (Å²) in [6.45, 7) is 2.95. The van der Waals surface area contributed by atoms with Gasteiger partial charge in [-0.25, -0.2) is 9.07 Å². The predicted octanol–water partition coefficient (Wildman–Crippen LogP) is 3.33. The van der Waals surface area contributed by atoms with Gasteiger partial charge in [0.05, 0.1) is 33.0 Å². The first-order valence-corrected chi connectivity index (χ1v) is 10.5. The number of rotatable bonds is 4. The molecular formula is C24H24FN3O4. The van der Waals surface area contributed by atoms with Crippen LogP contribution in [0.15, 0.2) is 47.4 Å². The Morgan fingerprint density at radius 1 is 1.16 bits per heavy atom. The summed E-state index contributed by atoms with van der Waals surface area (Å²) in [4.78, 5) is 15.4. The Bertz CT molecular complexity index is 1230. The molecule has 3 heterocycles. The lowest BCUT2D eigenvalue weighted by atomic mass is 9.88. The zero-order valence-electron chi connectivity index (χ0n) is 18.2. The highest BCUT2D eigenvalue weighted by Gasteiger charge is 2.40. The van der Waals surface area contributed by atoms with Crippen molar-refractivity contribution in [2.24, 2.45) is 0 Å². The fourth-order valence-corrected chi connectivity index (χ4v) is 4.66. The van der Waals surface area contributed by atoms with Gasteiger partial charge >= 0.3 is 5.56 Å². The molecular weight excluding hydrogens is 413 g/mol. The third kappa shape index (κ3) is 3.26. The molecule has 0 bridgehead atoms. The number of hydrogen-bond acceptors (Lipinski definition) is 6. The molecule has 7 nitrogen and oxygen atoms in total. The Balaban J connectivity index is 1.52. The highest BCUT2D eigenvalue weighted by molar-refractivity contribution is 5.63. The molecule has 2 aliphatic rings. The minimum absolute atomic E-state index is 0.0693. The first-order chi connectivity index (χ1) is 15.5. The first kappa shape index (κ1) is 20.4. The van der Waals surface area contributed by atoms with Gasteiger partial charge in [-0.2, -0.15) is 5.10 Å². The molecule has 0 radical (unpaired) electrons. The van der Waals surface area contributed by atoms with Crippen molar-refractivity contribution in [3.63, 3.8) is 0 Å². The van der Waals surface area contributed by atoms with E-state index in [1.807, 2.05) is 19.1 Å². The van der Waals surface area contributed by atoms with Crippen molar-refractivity contribution < 1.29 is 18.6 Å². The van der Waals surface area contributed by atoms with Crippen LogP contribution in [-0.4, -0.2) is 36.6 Å². The third-order valence-electron chi connectivity index (χ3n) is 6.21. The summed E-state index contributed by atoms with van der Waals surface area (Å²) < 4.78 is 31.7. The van der Waals surface area contributed by atoms with E-state index < -0.39 is 0 Å². The van der Waals surface area contributed by atoms with Crippen molar-refractivity contribution in [1.29, 1.82) is 0 Å². The Morgan fingerprint density at radius 2 is 1.88 bits per heavy atom. The number of aromatic nitrogens is 2. The average Bonchev–Trinajstić information content (AvgIpc) is 2.81. The number of ether oxygens (including phenoxy) is 3. The summed E-state index contributed by atoms with van der Waals surface area (Å²) in [7, 11) is 3.25. The number of halogens is 1. The van der Waals surface area contributed by atoms with Gasteiger partial charge in [0.25, 0.3) is 0 Å². The topological polar surface area (TPSA) is 65.8 Å². The molecule has 2 atom stereocenters. The van der Waals surface area contributed by atoms with Crippen molar-refractivity contribution in [1.82, 2.24) is 9.78 Å². The van der Waals surface area contributed by atoms with E-state index in [1.54, 1.807) is 32.5 Å². The number of nitrogens with zero attached hydrogens (tertiary/aromatic N) is 3. The zero-order chi connectivity index (χ0) is 22.4. The average molecular weight is 437 g/mol. The molecule has 0 amide bonds. The molecule has 2 aliphatic heterocycles. The molecule has 2 aromatic carbocycles. The quantitative estimate of drug-likeness (QED) is 0.624. The van der Waals surface area contributed by atoms with Gasteiger partial charge in [0.15, 0.2) is 11.5 Å². The van der Waals surface area contributed by atoms with Crippen molar-refractivity contribution in [2.45, 2.75) is 32.0 Å². The standard InChI is InChI=1S/C24H24FN3O4/c1-14-22-18-11-21(31-3)20(30-2)10-16(18)8-9-27(22)19-12-26-28(24(29)23(19)32-14)13-15-4-6-17(25)7-5-15/h4-7,10-12,14,22H,8-9,13H2,1-3H3. The molecule has 1 aromatic heterocycles. The molecule has 0 fully saturated rings. The number of benzene rings is 2. The SMILES string of the molecule is COc1cc2c(cc1OC)C1C(C)Oc3c(cnn(Cc4ccc(F)cc4)c3=O)N1CC2. The number of methoxy groups -OCH3 is 2. The molecule has 0 saturated carbocycles.